The second-order valence-electron chi connectivity index (χ2n) is 6.45. The maximum atomic E-state index is 3.45. The number of fused-ring (bicyclic) bond motifs is 2. The van der Waals surface area contributed by atoms with E-state index in [4.69, 9.17) is 0 Å². The molecule has 0 aliphatic heterocycles. The molecule has 3 heterocycles. The van der Waals surface area contributed by atoms with Crippen molar-refractivity contribution in [2.45, 2.75) is 5.92 Å². The molecular weight excluding hydrogens is 324 g/mol. The van der Waals surface area contributed by atoms with Crippen LogP contribution in [0, 0.1) is 0 Å². The van der Waals surface area contributed by atoms with Crippen LogP contribution in [0.25, 0.3) is 21.8 Å². The van der Waals surface area contributed by atoms with Gasteiger partial charge in [0.1, 0.15) is 0 Å². The SMILES string of the molecule is Cn1cc(C(c2cccs2)c2c[nH]c3ccccc23)c2ccccc21. The van der Waals surface area contributed by atoms with Gasteiger partial charge in [0.2, 0.25) is 0 Å². The first-order valence-corrected chi connectivity index (χ1v) is 9.34. The third-order valence-corrected chi connectivity index (χ3v) is 5.94. The van der Waals surface area contributed by atoms with Gasteiger partial charge in [-0.1, -0.05) is 42.5 Å². The molecule has 5 rings (SSSR count). The molecule has 0 fully saturated rings. The average molecular weight is 342 g/mol. The number of hydrogen-bond donors (Lipinski definition) is 1. The van der Waals surface area contributed by atoms with E-state index < -0.39 is 0 Å². The molecule has 1 unspecified atom stereocenters. The third-order valence-electron chi connectivity index (χ3n) is 5.00. The lowest BCUT2D eigenvalue weighted by molar-refractivity contribution is 0.938. The van der Waals surface area contributed by atoms with Gasteiger partial charge in [0.05, 0.1) is 0 Å². The van der Waals surface area contributed by atoms with Crippen LogP contribution in [0.2, 0.25) is 0 Å². The van der Waals surface area contributed by atoms with Crippen molar-refractivity contribution >= 4 is 33.1 Å². The minimum absolute atomic E-state index is 0.238. The Morgan fingerprint density at radius 3 is 2.52 bits per heavy atom. The number of aromatic amines is 1. The van der Waals surface area contributed by atoms with Crippen molar-refractivity contribution < 1.29 is 0 Å². The molecular formula is C22H18N2S. The number of rotatable bonds is 3. The normalized spacial score (nSPS) is 12.8. The topological polar surface area (TPSA) is 20.7 Å². The molecule has 1 N–H and O–H groups in total. The summed E-state index contributed by atoms with van der Waals surface area (Å²) >= 11 is 1.83. The Labute approximate surface area is 150 Å². The summed E-state index contributed by atoms with van der Waals surface area (Å²) in [4.78, 5) is 4.83. The largest absolute Gasteiger partial charge is 0.361 e. The van der Waals surface area contributed by atoms with Gasteiger partial charge in [0.15, 0.2) is 0 Å². The highest BCUT2D eigenvalue weighted by Crippen LogP contribution is 2.41. The molecule has 2 aromatic carbocycles. The predicted octanol–water partition coefficient (Wildman–Crippen LogP) is 5.90. The van der Waals surface area contributed by atoms with E-state index in [-0.39, 0.29) is 5.92 Å². The number of para-hydroxylation sites is 2. The summed E-state index contributed by atoms with van der Waals surface area (Å²) in [5, 5.41) is 4.80. The molecule has 0 aliphatic rings. The Morgan fingerprint density at radius 1 is 0.880 bits per heavy atom. The van der Waals surface area contributed by atoms with Crippen molar-refractivity contribution in [1.82, 2.24) is 9.55 Å². The summed E-state index contributed by atoms with van der Waals surface area (Å²) in [5.41, 5.74) is 5.18. The molecule has 1 atom stereocenters. The van der Waals surface area contributed by atoms with Crippen LogP contribution in [-0.4, -0.2) is 9.55 Å². The fourth-order valence-corrected chi connectivity index (χ4v) is 4.73. The van der Waals surface area contributed by atoms with Crippen molar-refractivity contribution in [2.75, 3.05) is 0 Å². The summed E-state index contributed by atoms with van der Waals surface area (Å²) in [6.45, 7) is 0. The molecule has 0 bridgehead atoms. The second-order valence-corrected chi connectivity index (χ2v) is 7.43. The van der Waals surface area contributed by atoms with Crippen LogP contribution in [0.5, 0.6) is 0 Å². The molecule has 3 aromatic heterocycles. The monoisotopic (exact) mass is 342 g/mol. The van der Waals surface area contributed by atoms with Gasteiger partial charge in [-0.15, -0.1) is 11.3 Å². The van der Waals surface area contributed by atoms with Gasteiger partial charge in [0.25, 0.3) is 0 Å². The minimum Gasteiger partial charge on any atom is -0.361 e. The van der Waals surface area contributed by atoms with Crippen molar-refractivity contribution in [1.29, 1.82) is 0 Å². The Morgan fingerprint density at radius 2 is 1.68 bits per heavy atom. The number of nitrogens with one attached hydrogen (secondary N) is 1. The second kappa shape index (κ2) is 5.64. The fraction of sp³-hybridized carbons (Fsp3) is 0.0909. The zero-order valence-electron chi connectivity index (χ0n) is 13.9. The van der Waals surface area contributed by atoms with Gasteiger partial charge in [-0.2, -0.15) is 0 Å². The van der Waals surface area contributed by atoms with E-state index in [0.29, 0.717) is 0 Å². The van der Waals surface area contributed by atoms with Gasteiger partial charge in [-0.25, -0.2) is 0 Å². The molecule has 3 heteroatoms. The van der Waals surface area contributed by atoms with Crippen molar-refractivity contribution in [3.8, 4) is 0 Å². The van der Waals surface area contributed by atoms with E-state index in [2.05, 4.69) is 95.0 Å². The highest BCUT2D eigenvalue weighted by Gasteiger charge is 2.24. The van der Waals surface area contributed by atoms with Gasteiger partial charge in [-0.05, 0) is 34.7 Å². The zero-order valence-corrected chi connectivity index (χ0v) is 14.8. The van der Waals surface area contributed by atoms with Crippen LogP contribution >= 0.6 is 11.3 Å². The number of aryl methyl sites for hydroxylation is 1. The van der Waals surface area contributed by atoms with E-state index >= 15 is 0 Å². The number of hydrogen-bond acceptors (Lipinski definition) is 1. The molecule has 0 spiro atoms. The van der Waals surface area contributed by atoms with E-state index in [9.17, 15) is 0 Å². The van der Waals surface area contributed by atoms with Crippen molar-refractivity contribution in [3.63, 3.8) is 0 Å². The Balaban J connectivity index is 1.82. The van der Waals surface area contributed by atoms with Crippen LogP contribution in [-0.2, 0) is 7.05 Å². The van der Waals surface area contributed by atoms with Crippen LogP contribution < -0.4 is 0 Å². The molecule has 5 aromatic rings. The van der Waals surface area contributed by atoms with Gasteiger partial charge < -0.3 is 9.55 Å². The van der Waals surface area contributed by atoms with Crippen molar-refractivity contribution in [2.24, 2.45) is 7.05 Å². The number of benzene rings is 2. The Bertz CT molecular complexity index is 1160. The number of thiophene rings is 1. The molecule has 25 heavy (non-hydrogen) atoms. The minimum atomic E-state index is 0.238. The maximum absolute atomic E-state index is 3.45. The summed E-state index contributed by atoms with van der Waals surface area (Å²) < 4.78 is 2.24. The number of nitrogens with zero attached hydrogens (tertiary/aromatic N) is 1. The van der Waals surface area contributed by atoms with E-state index in [1.807, 2.05) is 11.3 Å². The lowest BCUT2D eigenvalue weighted by Gasteiger charge is -2.15. The van der Waals surface area contributed by atoms with Crippen LogP contribution in [0.1, 0.15) is 21.9 Å². The van der Waals surface area contributed by atoms with E-state index in [0.717, 1.165) is 0 Å². The molecule has 0 aliphatic carbocycles. The summed E-state index contributed by atoms with van der Waals surface area (Å²) in [5.74, 6) is 0.238. The highest BCUT2D eigenvalue weighted by molar-refractivity contribution is 7.10. The molecule has 2 nitrogen and oxygen atoms in total. The predicted molar refractivity (Wildman–Crippen MR) is 106 cm³/mol. The Hall–Kier alpha value is -2.78. The molecule has 0 saturated heterocycles. The quantitative estimate of drug-likeness (QED) is 0.421. The van der Waals surface area contributed by atoms with Crippen LogP contribution in [0.3, 0.4) is 0 Å². The van der Waals surface area contributed by atoms with Crippen LogP contribution in [0.4, 0.5) is 0 Å². The molecule has 0 amide bonds. The van der Waals surface area contributed by atoms with E-state index in [1.165, 1.54) is 37.8 Å². The maximum Gasteiger partial charge on any atom is 0.0480 e. The lowest BCUT2D eigenvalue weighted by atomic mass is 9.89. The number of H-pyrrole nitrogens is 1. The first-order valence-electron chi connectivity index (χ1n) is 8.46. The third kappa shape index (κ3) is 2.24. The smallest absolute Gasteiger partial charge is 0.0480 e. The number of aromatic nitrogens is 2. The fourth-order valence-electron chi connectivity index (χ4n) is 3.87. The summed E-state index contributed by atoms with van der Waals surface area (Å²) in [6, 6.07) is 21.6. The Kier molecular flexibility index (Phi) is 3.28. The van der Waals surface area contributed by atoms with Gasteiger partial charge >= 0.3 is 0 Å². The average Bonchev–Trinajstić information content (AvgIpc) is 3.37. The highest BCUT2D eigenvalue weighted by atomic mass is 32.1. The zero-order chi connectivity index (χ0) is 16.8. The van der Waals surface area contributed by atoms with Gasteiger partial charge in [-0.3, -0.25) is 0 Å². The van der Waals surface area contributed by atoms with Crippen molar-refractivity contribution in [3.05, 3.63) is 94.4 Å². The molecule has 0 radical (unpaired) electrons. The summed E-state index contributed by atoms with van der Waals surface area (Å²) in [7, 11) is 2.13. The first kappa shape index (κ1) is 14.6. The van der Waals surface area contributed by atoms with Gasteiger partial charge in [0, 0.05) is 52.0 Å². The van der Waals surface area contributed by atoms with Crippen LogP contribution in [0.15, 0.2) is 78.4 Å². The van der Waals surface area contributed by atoms with E-state index in [1.54, 1.807) is 0 Å². The summed E-state index contributed by atoms with van der Waals surface area (Å²) in [6.07, 6.45) is 4.47. The molecule has 122 valence electrons. The standard InChI is InChI=1S/C22H18N2S/c1-24-14-18(16-8-3-5-10-20(16)24)22(21-11-6-12-25-21)17-13-23-19-9-4-2-7-15(17)19/h2-14,22-23H,1H3. The molecule has 0 saturated carbocycles. The first-order chi connectivity index (χ1) is 12.3. The lowest BCUT2D eigenvalue weighted by Crippen LogP contribution is -2.00.